The quantitative estimate of drug-likeness (QED) is 0.472. The normalized spacial score (nSPS) is 12.0. The third-order valence-electron chi connectivity index (χ3n) is 3.62. The lowest BCUT2D eigenvalue weighted by molar-refractivity contribution is 0.101. The van der Waals surface area contributed by atoms with Gasteiger partial charge in [0.1, 0.15) is 11.3 Å². The van der Waals surface area contributed by atoms with Crippen molar-refractivity contribution in [1.82, 2.24) is 9.29 Å². The molecule has 1 aromatic heterocycles. The summed E-state index contributed by atoms with van der Waals surface area (Å²) in [4.78, 5) is 16.4. The Labute approximate surface area is 154 Å². The van der Waals surface area contributed by atoms with Crippen LogP contribution in [0.15, 0.2) is 57.0 Å². The third kappa shape index (κ3) is 3.64. The average Bonchev–Trinajstić information content (AvgIpc) is 3.02. The highest BCUT2D eigenvalue weighted by molar-refractivity contribution is 7.99. The van der Waals surface area contributed by atoms with Gasteiger partial charge in [-0.3, -0.25) is 4.79 Å². The number of sulfonamides is 1. The molecule has 6 nitrogen and oxygen atoms in total. The van der Waals surface area contributed by atoms with Crippen molar-refractivity contribution in [3.05, 3.63) is 53.8 Å². The van der Waals surface area contributed by atoms with Gasteiger partial charge in [-0.25, -0.2) is 22.1 Å². The molecule has 0 N–H and O–H groups in total. The molecule has 0 fully saturated rings. The van der Waals surface area contributed by atoms with E-state index in [1.54, 1.807) is 6.07 Å². The van der Waals surface area contributed by atoms with Gasteiger partial charge in [0.25, 0.3) is 5.22 Å². The molecule has 3 aromatic rings. The number of hydrogen-bond donors (Lipinski definition) is 0. The molecule has 26 heavy (non-hydrogen) atoms. The molecule has 0 saturated heterocycles. The second-order valence-corrected chi connectivity index (χ2v) is 8.67. The number of ketones is 1. The lowest BCUT2D eigenvalue weighted by Crippen LogP contribution is -2.22. The van der Waals surface area contributed by atoms with E-state index in [1.807, 2.05) is 0 Å². The molecule has 136 valence electrons. The molecule has 3 rings (SSSR count). The van der Waals surface area contributed by atoms with E-state index >= 15 is 0 Å². The van der Waals surface area contributed by atoms with E-state index in [0.29, 0.717) is 11.1 Å². The zero-order valence-electron chi connectivity index (χ0n) is 14.0. The summed E-state index contributed by atoms with van der Waals surface area (Å²) in [5.74, 6) is -1.00. The molecule has 0 saturated carbocycles. The molecular weight excluding hydrogens is 379 g/mol. The molecular formula is C17H15FN2O4S2. The molecule has 1 heterocycles. The third-order valence-corrected chi connectivity index (χ3v) is 6.26. The molecule has 2 aromatic carbocycles. The van der Waals surface area contributed by atoms with Gasteiger partial charge in [0, 0.05) is 14.1 Å². The second-order valence-electron chi connectivity index (χ2n) is 5.59. The Morgan fingerprint density at radius 2 is 1.96 bits per heavy atom. The van der Waals surface area contributed by atoms with Crippen LogP contribution in [0.3, 0.4) is 0 Å². The van der Waals surface area contributed by atoms with Crippen LogP contribution in [-0.2, 0) is 10.0 Å². The van der Waals surface area contributed by atoms with E-state index in [-0.39, 0.29) is 27.2 Å². The number of carbonyl (C=O) groups excluding carboxylic acids is 1. The lowest BCUT2D eigenvalue weighted by atomic mass is 10.1. The number of hydrogen-bond acceptors (Lipinski definition) is 6. The van der Waals surface area contributed by atoms with Gasteiger partial charge in [0.2, 0.25) is 10.0 Å². The molecule has 0 atom stereocenters. The summed E-state index contributed by atoms with van der Waals surface area (Å²) in [6.07, 6.45) is 0. The molecule has 0 aliphatic carbocycles. The highest BCUT2D eigenvalue weighted by Crippen LogP contribution is 2.27. The first kappa shape index (κ1) is 18.6. The van der Waals surface area contributed by atoms with Gasteiger partial charge in [-0.1, -0.05) is 23.9 Å². The van der Waals surface area contributed by atoms with Crippen LogP contribution >= 0.6 is 11.8 Å². The summed E-state index contributed by atoms with van der Waals surface area (Å²) >= 11 is 1.02. The summed E-state index contributed by atoms with van der Waals surface area (Å²) in [6, 6.07) is 10.1. The minimum atomic E-state index is -3.58. The number of fused-ring (bicyclic) bond motifs is 1. The summed E-state index contributed by atoms with van der Waals surface area (Å²) < 4.78 is 44.6. The van der Waals surface area contributed by atoms with Crippen molar-refractivity contribution in [2.45, 2.75) is 10.1 Å². The van der Waals surface area contributed by atoms with Crippen molar-refractivity contribution in [3.8, 4) is 0 Å². The van der Waals surface area contributed by atoms with E-state index in [0.717, 1.165) is 16.1 Å². The summed E-state index contributed by atoms with van der Waals surface area (Å²) in [5.41, 5.74) is 0.785. The van der Waals surface area contributed by atoms with Crippen LogP contribution in [0.25, 0.3) is 11.1 Å². The zero-order chi connectivity index (χ0) is 18.9. The fourth-order valence-electron chi connectivity index (χ4n) is 2.21. The molecule has 0 bridgehead atoms. The molecule has 0 radical (unpaired) electrons. The molecule has 9 heteroatoms. The van der Waals surface area contributed by atoms with E-state index in [4.69, 9.17) is 4.42 Å². The van der Waals surface area contributed by atoms with E-state index in [9.17, 15) is 17.6 Å². The monoisotopic (exact) mass is 394 g/mol. The number of aromatic nitrogens is 1. The molecule has 0 aliphatic heterocycles. The summed E-state index contributed by atoms with van der Waals surface area (Å²) in [7, 11) is -0.692. The SMILES string of the molecule is CN(C)S(=O)(=O)c1ccc2oc(SCC(=O)c3ccccc3F)nc2c1. The number of carbonyl (C=O) groups is 1. The smallest absolute Gasteiger partial charge is 0.257 e. The van der Waals surface area contributed by atoms with Crippen molar-refractivity contribution in [1.29, 1.82) is 0 Å². The Hall–Kier alpha value is -2.23. The average molecular weight is 394 g/mol. The first-order chi connectivity index (χ1) is 12.3. The number of Topliss-reactive ketones (excluding diaryl/α,β-unsaturated/α-hetero) is 1. The number of thioether (sulfide) groups is 1. The molecule has 0 aliphatic rings. The Kier molecular flexibility index (Phi) is 5.12. The van der Waals surface area contributed by atoms with Crippen LogP contribution < -0.4 is 0 Å². The number of nitrogens with zero attached hydrogens (tertiary/aromatic N) is 2. The predicted molar refractivity (Wildman–Crippen MR) is 96.3 cm³/mol. The largest absolute Gasteiger partial charge is 0.431 e. The van der Waals surface area contributed by atoms with Crippen molar-refractivity contribution < 1.29 is 22.0 Å². The van der Waals surface area contributed by atoms with Gasteiger partial charge >= 0.3 is 0 Å². The van der Waals surface area contributed by atoms with Crippen molar-refractivity contribution in [2.75, 3.05) is 19.8 Å². The topological polar surface area (TPSA) is 80.5 Å². The van der Waals surface area contributed by atoms with E-state index in [1.165, 1.54) is 50.5 Å². The van der Waals surface area contributed by atoms with Crippen LogP contribution in [-0.4, -0.2) is 43.3 Å². The number of halogens is 1. The lowest BCUT2D eigenvalue weighted by Gasteiger charge is -2.10. The Morgan fingerprint density at radius 3 is 2.65 bits per heavy atom. The first-order valence-corrected chi connectivity index (χ1v) is 9.95. The van der Waals surface area contributed by atoms with E-state index in [2.05, 4.69) is 4.98 Å². The number of rotatable bonds is 6. The maximum Gasteiger partial charge on any atom is 0.257 e. The second kappa shape index (κ2) is 7.18. The summed E-state index contributed by atoms with van der Waals surface area (Å²) in [5, 5.41) is 0.212. The highest BCUT2D eigenvalue weighted by Gasteiger charge is 2.19. The Balaban J connectivity index is 1.80. The maximum absolute atomic E-state index is 13.6. The van der Waals surface area contributed by atoms with Gasteiger partial charge in [-0.2, -0.15) is 0 Å². The van der Waals surface area contributed by atoms with Crippen molar-refractivity contribution in [3.63, 3.8) is 0 Å². The Bertz CT molecular complexity index is 1080. The zero-order valence-corrected chi connectivity index (χ0v) is 15.6. The predicted octanol–water partition coefficient (Wildman–Crippen LogP) is 3.19. The number of oxazole rings is 1. The molecule has 0 unspecified atom stereocenters. The fourth-order valence-corrected chi connectivity index (χ4v) is 3.86. The number of benzene rings is 2. The minimum absolute atomic E-state index is 0.00970. The van der Waals surface area contributed by atoms with Crippen LogP contribution in [0.1, 0.15) is 10.4 Å². The first-order valence-electron chi connectivity index (χ1n) is 7.52. The van der Waals surface area contributed by atoms with Gasteiger partial charge in [-0.05, 0) is 30.3 Å². The standard InChI is InChI=1S/C17H15FN2O4S2/c1-20(2)26(22,23)11-7-8-16-14(9-11)19-17(24-16)25-10-15(21)12-5-3-4-6-13(12)18/h3-9H,10H2,1-2H3. The van der Waals surface area contributed by atoms with Crippen LogP contribution in [0.5, 0.6) is 0 Å². The van der Waals surface area contributed by atoms with Gasteiger partial charge < -0.3 is 4.42 Å². The van der Waals surface area contributed by atoms with Gasteiger partial charge in [0.05, 0.1) is 16.2 Å². The minimum Gasteiger partial charge on any atom is -0.431 e. The maximum atomic E-state index is 13.6. The van der Waals surface area contributed by atoms with Crippen molar-refractivity contribution >= 4 is 38.7 Å². The van der Waals surface area contributed by atoms with Crippen LogP contribution in [0.4, 0.5) is 4.39 Å². The van der Waals surface area contributed by atoms with Gasteiger partial charge in [0.15, 0.2) is 11.4 Å². The highest BCUT2D eigenvalue weighted by atomic mass is 32.2. The Morgan fingerprint density at radius 1 is 1.23 bits per heavy atom. The van der Waals surface area contributed by atoms with Crippen molar-refractivity contribution in [2.24, 2.45) is 0 Å². The molecule has 0 spiro atoms. The van der Waals surface area contributed by atoms with E-state index < -0.39 is 15.8 Å². The van der Waals surface area contributed by atoms with Crippen LogP contribution in [0, 0.1) is 5.82 Å². The fraction of sp³-hybridized carbons (Fsp3) is 0.176. The van der Waals surface area contributed by atoms with Gasteiger partial charge in [-0.15, -0.1) is 0 Å². The van der Waals surface area contributed by atoms with Crippen LogP contribution in [0.2, 0.25) is 0 Å². The summed E-state index contributed by atoms with van der Waals surface area (Å²) in [6.45, 7) is 0. The molecule has 0 amide bonds.